The van der Waals surface area contributed by atoms with Gasteiger partial charge in [0, 0.05) is 0 Å². The molecule has 0 aliphatic rings. The zero-order valence-electron chi connectivity index (χ0n) is 27.3. The minimum atomic E-state index is 0.884. The molecule has 0 nitrogen and oxygen atoms in total. The highest BCUT2D eigenvalue weighted by atomic mass is 13.9. The van der Waals surface area contributed by atoms with Crippen molar-refractivity contribution in [3.63, 3.8) is 0 Å². The van der Waals surface area contributed by atoms with Gasteiger partial charge in [0.1, 0.15) is 0 Å². The summed E-state index contributed by atoms with van der Waals surface area (Å²) in [5.74, 6) is 1.82. The van der Waals surface area contributed by atoms with Gasteiger partial charge in [0.25, 0.3) is 0 Å². The van der Waals surface area contributed by atoms with Crippen molar-refractivity contribution in [1.29, 1.82) is 0 Å². The summed E-state index contributed by atoms with van der Waals surface area (Å²) in [6.45, 7) is 57.2. The summed E-state index contributed by atoms with van der Waals surface area (Å²) in [6.07, 6.45) is 12.6. The van der Waals surface area contributed by atoms with Crippen molar-refractivity contribution in [3.8, 4) is 0 Å². The van der Waals surface area contributed by atoms with Crippen molar-refractivity contribution in [2.75, 3.05) is 0 Å². The van der Waals surface area contributed by atoms with E-state index in [1.54, 1.807) is 0 Å². The maximum Gasteiger partial charge on any atom is 0.0850 e. The van der Waals surface area contributed by atoms with Crippen LogP contribution in [-0.2, 0) is 0 Å². The van der Waals surface area contributed by atoms with Gasteiger partial charge >= 0.3 is 0 Å². The Balaban J connectivity index is -0.0000000248. The molecule has 0 heterocycles. The first-order valence-electron chi connectivity index (χ1n) is 14.0. The molecule has 0 spiro atoms. The van der Waals surface area contributed by atoms with Gasteiger partial charge in [0.15, 0.2) is 0 Å². The smallest absolute Gasteiger partial charge is 0.0850 e. The van der Waals surface area contributed by atoms with E-state index in [1.165, 1.54) is 51.4 Å². The number of hydrogen-bond donors (Lipinski definition) is 0. The molecule has 0 aliphatic carbocycles. The van der Waals surface area contributed by atoms with Gasteiger partial charge in [-0.2, -0.15) is 6.42 Å². The zero-order valence-corrected chi connectivity index (χ0v) is 27.3. The molecule has 0 heteroatoms. The molecule has 0 saturated heterocycles. The standard InChI is InChI=1S/C7H14.C6H14.C5H12.C4H10.2C2H6.4C2H4/c1-3-5-7-6-4-2;1-4-6(3)5-2;1-4-5(2)3;1-3-4-2;6*1-2/h1-7H2;6H,4-5H2,1-3H3;5H,4H2,1-3H3;3-4H2,1-2H3;2*1-2H3;4*1-2H2. The summed E-state index contributed by atoms with van der Waals surface area (Å²) in [5, 5.41) is 0. The fourth-order valence-electron chi connectivity index (χ4n) is 0.819. The topological polar surface area (TPSA) is 0 Å². The van der Waals surface area contributed by atoms with Crippen LogP contribution in [0.15, 0.2) is 52.6 Å². The molecule has 214 valence electrons. The third-order valence-corrected chi connectivity index (χ3v) is 3.71. The largest absolute Gasteiger partial charge is 0.343 e. The number of unbranched alkanes of at least 4 members (excludes halogenated alkanes) is 5. The van der Waals surface area contributed by atoms with Crippen molar-refractivity contribution in [3.05, 3.63) is 66.5 Å². The van der Waals surface area contributed by atoms with E-state index in [1.807, 2.05) is 27.7 Å². The summed E-state index contributed by atoms with van der Waals surface area (Å²) in [4.78, 5) is 0. The molecule has 0 amide bonds. The van der Waals surface area contributed by atoms with Crippen molar-refractivity contribution in [2.45, 2.75) is 147 Å². The van der Waals surface area contributed by atoms with E-state index in [9.17, 15) is 0 Å². The third kappa shape index (κ3) is 284. The lowest BCUT2D eigenvalue weighted by atomic mass is 10.1. The molecule has 0 N–H and O–H groups in total. The second-order valence-corrected chi connectivity index (χ2v) is 6.49. The highest BCUT2D eigenvalue weighted by Gasteiger charge is 1.88. The second kappa shape index (κ2) is 138. The first kappa shape index (κ1) is 63.8. The maximum atomic E-state index is 3.74. The molecule has 0 aromatic heterocycles. The number of rotatable bonds is 8. The van der Waals surface area contributed by atoms with Gasteiger partial charge in [-0.1, -0.05) is 128 Å². The van der Waals surface area contributed by atoms with Gasteiger partial charge in [-0.15, -0.1) is 52.6 Å². The van der Waals surface area contributed by atoms with Crippen molar-refractivity contribution < 1.29 is 0 Å². The molecule has 0 aliphatic heterocycles. The van der Waals surface area contributed by atoms with Crippen LogP contribution in [-0.4, -0.2) is 0 Å². The minimum absolute atomic E-state index is 0.884. The summed E-state index contributed by atoms with van der Waals surface area (Å²) in [6, 6.07) is 0. The third-order valence-electron chi connectivity index (χ3n) is 3.71. The van der Waals surface area contributed by atoms with Crippen LogP contribution in [0, 0.1) is 25.7 Å². The van der Waals surface area contributed by atoms with Crippen molar-refractivity contribution in [1.82, 2.24) is 0 Å². The summed E-state index contributed by atoms with van der Waals surface area (Å²) in [7, 11) is 0. The van der Waals surface area contributed by atoms with Crippen LogP contribution in [0.1, 0.15) is 147 Å². The quantitative estimate of drug-likeness (QED) is 0.182. The lowest BCUT2D eigenvalue weighted by Crippen LogP contribution is -1.85. The molecule has 0 saturated carbocycles. The van der Waals surface area contributed by atoms with E-state index >= 15 is 0 Å². The zero-order chi connectivity index (χ0) is 30.2. The fourth-order valence-corrected chi connectivity index (χ4v) is 0.819. The Labute approximate surface area is 225 Å². The highest BCUT2D eigenvalue weighted by molar-refractivity contribution is 4.45. The first-order valence-corrected chi connectivity index (χ1v) is 14.0. The molecule has 0 bridgehead atoms. The van der Waals surface area contributed by atoms with Crippen molar-refractivity contribution in [2.24, 2.45) is 11.8 Å². The monoisotopic (exact) mass is 487 g/mol. The van der Waals surface area contributed by atoms with Gasteiger partial charge in [-0.05, 0) is 18.3 Å². The Hall–Kier alpha value is -1.17. The Morgan fingerprint density at radius 1 is 0.559 bits per heavy atom. The molecular formula is C34H78. The van der Waals surface area contributed by atoms with Gasteiger partial charge in [-0.25, -0.2) is 0 Å². The highest BCUT2D eigenvalue weighted by Crippen LogP contribution is 2.02. The van der Waals surface area contributed by atoms with Crippen LogP contribution < -0.4 is 0 Å². The normalized spacial score (nSPS) is 6.79. The molecule has 0 rings (SSSR count). The van der Waals surface area contributed by atoms with E-state index in [-0.39, 0.29) is 0 Å². The van der Waals surface area contributed by atoms with Crippen LogP contribution in [0.2, 0.25) is 0 Å². The summed E-state index contributed by atoms with van der Waals surface area (Å²) in [5.41, 5.74) is 0. The van der Waals surface area contributed by atoms with E-state index in [0.29, 0.717) is 0 Å². The lowest BCUT2D eigenvalue weighted by molar-refractivity contribution is 0.544. The fraction of sp³-hybridized carbons (Fsp3) is 0.706. The number of hydrogen-bond acceptors (Lipinski definition) is 0. The Kier molecular flexibility index (Phi) is 258. The first-order chi connectivity index (χ1) is 16.4. The van der Waals surface area contributed by atoms with Gasteiger partial charge in [0.05, 0.1) is 13.3 Å². The average molecular weight is 487 g/mol. The van der Waals surface area contributed by atoms with E-state index in [2.05, 4.69) is 122 Å². The van der Waals surface area contributed by atoms with E-state index in [4.69, 9.17) is 0 Å². The molecule has 0 atom stereocenters. The van der Waals surface area contributed by atoms with E-state index in [0.717, 1.165) is 24.7 Å². The van der Waals surface area contributed by atoms with E-state index < -0.39 is 0 Å². The summed E-state index contributed by atoms with van der Waals surface area (Å²) < 4.78 is 0. The molecular weight excluding hydrogens is 408 g/mol. The Morgan fingerprint density at radius 2 is 0.824 bits per heavy atom. The Bertz CT molecular complexity index is 153. The predicted molar refractivity (Wildman–Crippen MR) is 177 cm³/mol. The maximum absolute atomic E-state index is 3.74. The van der Waals surface area contributed by atoms with Gasteiger partial charge in [-0.3, -0.25) is 0 Å². The molecule has 0 unspecified atom stereocenters. The molecule has 0 fully saturated rings. The van der Waals surface area contributed by atoms with Crippen molar-refractivity contribution >= 4 is 0 Å². The van der Waals surface area contributed by atoms with Crippen LogP contribution >= 0.6 is 0 Å². The summed E-state index contributed by atoms with van der Waals surface area (Å²) >= 11 is 0. The molecule has 34 heavy (non-hydrogen) atoms. The lowest BCUT2D eigenvalue weighted by Gasteiger charge is -1.98. The van der Waals surface area contributed by atoms with Crippen LogP contribution in [0.25, 0.3) is 0 Å². The molecule has 0 aromatic carbocycles. The predicted octanol–water partition coefficient (Wildman–Crippen LogP) is 14.2. The second-order valence-electron chi connectivity index (χ2n) is 6.49. The van der Waals surface area contributed by atoms with Crippen LogP contribution in [0.5, 0.6) is 0 Å². The van der Waals surface area contributed by atoms with Gasteiger partial charge < -0.3 is 6.92 Å². The van der Waals surface area contributed by atoms with Gasteiger partial charge in [0.2, 0.25) is 0 Å². The average Bonchev–Trinajstić information content (AvgIpc) is 2.95. The minimum Gasteiger partial charge on any atom is -0.343 e. The molecule has 0 aromatic rings. The Morgan fingerprint density at radius 3 is 0.912 bits per heavy atom. The van der Waals surface area contributed by atoms with Crippen LogP contribution in [0.4, 0.5) is 0 Å². The molecule has 0 radical (unpaired) electrons. The SMILES string of the molecule is C=C.C=C.C=C.C=C.CC.CC.CCC(C)C.CCC(C)CC.CCCC.[CH2+]CCCCC[CH2-]. The van der Waals surface area contributed by atoms with Crippen LogP contribution in [0.3, 0.4) is 0 Å².